The van der Waals surface area contributed by atoms with E-state index in [0.29, 0.717) is 12.6 Å². The van der Waals surface area contributed by atoms with E-state index in [1.165, 1.54) is 19.4 Å². The van der Waals surface area contributed by atoms with E-state index in [1.54, 1.807) is 7.05 Å². The first-order chi connectivity index (χ1) is 7.19. The molecule has 1 aliphatic rings. The van der Waals surface area contributed by atoms with Gasteiger partial charge in [0.15, 0.2) is 0 Å². The Morgan fingerprint density at radius 2 is 2.25 bits per heavy atom. The maximum atomic E-state index is 11.6. The van der Waals surface area contributed by atoms with Gasteiger partial charge in [-0.25, -0.2) is 0 Å². The van der Waals surface area contributed by atoms with Gasteiger partial charge in [0, 0.05) is 19.6 Å². The van der Waals surface area contributed by atoms with Crippen LogP contribution in [0.1, 0.15) is 19.8 Å². The molecule has 0 aromatic rings. The molecule has 96 valence electrons. The van der Waals surface area contributed by atoms with E-state index in [1.807, 2.05) is 11.9 Å². The summed E-state index contributed by atoms with van der Waals surface area (Å²) in [5, 5.41) is 2.89. The van der Waals surface area contributed by atoms with Crippen molar-refractivity contribution in [2.75, 3.05) is 40.3 Å². The lowest BCUT2D eigenvalue weighted by Gasteiger charge is -2.27. The fourth-order valence-electron chi connectivity index (χ4n) is 2.22. The van der Waals surface area contributed by atoms with Gasteiger partial charge in [-0.3, -0.25) is 9.69 Å². The number of hydrogen-bond acceptors (Lipinski definition) is 3. The van der Waals surface area contributed by atoms with Crippen molar-refractivity contribution in [3.8, 4) is 0 Å². The zero-order chi connectivity index (χ0) is 11.3. The van der Waals surface area contributed by atoms with Crippen molar-refractivity contribution < 1.29 is 4.79 Å². The van der Waals surface area contributed by atoms with E-state index < -0.39 is 0 Å². The second-order valence-electron chi connectivity index (χ2n) is 4.23. The van der Waals surface area contributed by atoms with Crippen LogP contribution in [0.15, 0.2) is 0 Å². The third-order valence-corrected chi connectivity index (χ3v) is 3.14. The Morgan fingerprint density at radius 3 is 2.81 bits per heavy atom. The highest BCUT2D eigenvalue weighted by molar-refractivity contribution is 5.85. The van der Waals surface area contributed by atoms with Gasteiger partial charge >= 0.3 is 0 Å². The average Bonchev–Trinajstić information content (AvgIpc) is 2.65. The van der Waals surface area contributed by atoms with Crippen LogP contribution >= 0.6 is 12.4 Å². The topological polar surface area (TPSA) is 35.6 Å². The summed E-state index contributed by atoms with van der Waals surface area (Å²) in [5.74, 6) is 0.181. The fourth-order valence-corrected chi connectivity index (χ4v) is 2.22. The first-order valence-electron chi connectivity index (χ1n) is 5.81. The number of likely N-dealkylation sites (N-methyl/N-ethyl adjacent to an activating group) is 3. The summed E-state index contributed by atoms with van der Waals surface area (Å²) in [5.41, 5.74) is 0. The van der Waals surface area contributed by atoms with Crippen LogP contribution in [0.4, 0.5) is 0 Å². The van der Waals surface area contributed by atoms with Gasteiger partial charge in [0.05, 0.1) is 6.54 Å². The van der Waals surface area contributed by atoms with Gasteiger partial charge in [-0.05, 0) is 33.0 Å². The van der Waals surface area contributed by atoms with E-state index in [9.17, 15) is 4.79 Å². The van der Waals surface area contributed by atoms with Crippen molar-refractivity contribution >= 4 is 18.3 Å². The number of likely N-dealkylation sites (tertiary alicyclic amines) is 1. The van der Waals surface area contributed by atoms with Gasteiger partial charge < -0.3 is 10.2 Å². The number of halogens is 1. The Kier molecular flexibility index (Phi) is 7.72. The minimum atomic E-state index is 0. The van der Waals surface area contributed by atoms with Crippen molar-refractivity contribution in [2.24, 2.45) is 0 Å². The summed E-state index contributed by atoms with van der Waals surface area (Å²) >= 11 is 0. The number of nitrogens with zero attached hydrogens (tertiary/aromatic N) is 2. The summed E-state index contributed by atoms with van der Waals surface area (Å²) in [7, 11) is 3.70. The quantitative estimate of drug-likeness (QED) is 0.774. The predicted octanol–water partition coefficient (Wildman–Crippen LogP) is 0.570. The minimum Gasteiger partial charge on any atom is -0.343 e. The highest BCUT2D eigenvalue weighted by Gasteiger charge is 2.25. The summed E-state index contributed by atoms with van der Waals surface area (Å²) < 4.78 is 0. The van der Waals surface area contributed by atoms with E-state index in [0.717, 1.165) is 13.1 Å². The SMILES string of the molecule is CCN1CCCC1CN(C)C(=O)CNC.Cl. The number of hydrogen-bond donors (Lipinski definition) is 1. The molecule has 1 unspecified atom stereocenters. The molecule has 1 aliphatic heterocycles. The Labute approximate surface area is 105 Å². The van der Waals surface area contributed by atoms with Crippen LogP contribution in [0.3, 0.4) is 0 Å². The molecule has 0 saturated carbocycles. The molecule has 0 aromatic carbocycles. The van der Waals surface area contributed by atoms with Crippen molar-refractivity contribution in [1.82, 2.24) is 15.1 Å². The van der Waals surface area contributed by atoms with Gasteiger partial charge in [-0.2, -0.15) is 0 Å². The summed E-state index contributed by atoms with van der Waals surface area (Å²) in [6.07, 6.45) is 2.50. The normalized spacial score (nSPS) is 20.6. The van der Waals surface area contributed by atoms with Crippen LogP contribution in [0.2, 0.25) is 0 Å². The molecule has 1 rings (SSSR count). The maximum Gasteiger partial charge on any atom is 0.236 e. The molecule has 4 nitrogen and oxygen atoms in total. The maximum absolute atomic E-state index is 11.6. The molecule has 0 bridgehead atoms. The van der Waals surface area contributed by atoms with Crippen molar-refractivity contribution in [3.63, 3.8) is 0 Å². The molecule has 0 radical (unpaired) electrons. The lowest BCUT2D eigenvalue weighted by molar-refractivity contribution is -0.129. The molecule has 1 fully saturated rings. The zero-order valence-corrected chi connectivity index (χ0v) is 11.3. The predicted molar refractivity (Wildman–Crippen MR) is 69.1 cm³/mol. The number of carbonyl (C=O) groups excluding carboxylic acids is 1. The van der Waals surface area contributed by atoms with Crippen molar-refractivity contribution in [2.45, 2.75) is 25.8 Å². The lowest BCUT2D eigenvalue weighted by atomic mass is 10.2. The molecule has 1 saturated heterocycles. The Bertz CT molecular complexity index is 213. The van der Waals surface area contributed by atoms with E-state index in [2.05, 4.69) is 17.1 Å². The van der Waals surface area contributed by atoms with E-state index in [-0.39, 0.29) is 18.3 Å². The molecule has 1 amide bonds. The highest BCUT2D eigenvalue weighted by Crippen LogP contribution is 2.17. The molecular formula is C11H24ClN3O. The number of rotatable bonds is 5. The second kappa shape index (κ2) is 7.87. The Morgan fingerprint density at radius 1 is 1.56 bits per heavy atom. The van der Waals surface area contributed by atoms with Crippen LogP contribution in [0.25, 0.3) is 0 Å². The summed E-state index contributed by atoms with van der Waals surface area (Å²) in [6.45, 7) is 5.78. The first kappa shape index (κ1) is 15.7. The van der Waals surface area contributed by atoms with Crippen LogP contribution < -0.4 is 5.32 Å². The Hall–Kier alpha value is -0.320. The molecule has 16 heavy (non-hydrogen) atoms. The monoisotopic (exact) mass is 249 g/mol. The average molecular weight is 250 g/mol. The molecule has 0 aromatic heterocycles. The molecule has 1 atom stereocenters. The number of nitrogens with one attached hydrogen (secondary N) is 1. The lowest BCUT2D eigenvalue weighted by Crippen LogP contribution is -2.43. The van der Waals surface area contributed by atoms with Crippen LogP contribution in [-0.2, 0) is 4.79 Å². The standard InChI is InChI=1S/C11H23N3O.ClH/c1-4-14-7-5-6-10(14)9-13(3)11(15)8-12-2;/h10,12H,4-9H2,1-3H3;1H. The molecular weight excluding hydrogens is 226 g/mol. The second-order valence-corrected chi connectivity index (χ2v) is 4.23. The van der Waals surface area contributed by atoms with E-state index in [4.69, 9.17) is 0 Å². The van der Waals surface area contributed by atoms with Crippen molar-refractivity contribution in [3.05, 3.63) is 0 Å². The van der Waals surface area contributed by atoms with Crippen LogP contribution in [-0.4, -0.2) is 62.0 Å². The largest absolute Gasteiger partial charge is 0.343 e. The van der Waals surface area contributed by atoms with E-state index >= 15 is 0 Å². The summed E-state index contributed by atoms with van der Waals surface area (Å²) in [6, 6.07) is 0.570. The smallest absolute Gasteiger partial charge is 0.236 e. The minimum absolute atomic E-state index is 0. The van der Waals surface area contributed by atoms with Gasteiger partial charge in [0.1, 0.15) is 0 Å². The third kappa shape index (κ3) is 4.28. The molecule has 0 aliphatic carbocycles. The molecule has 1 N–H and O–H groups in total. The molecule has 5 heteroatoms. The van der Waals surface area contributed by atoms with Gasteiger partial charge in [-0.15, -0.1) is 12.4 Å². The van der Waals surface area contributed by atoms with Crippen molar-refractivity contribution in [1.29, 1.82) is 0 Å². The first-order valence-corrected chi connectivity index (χ1v) is 5.81. The zero-order valence-electron chi connectivity index (χ0n) is 10.5. The summed E-state index contributed by atoms with van der Waals surface area (Å²) in [4.78, 5) is 15.9. The molecule has 1 heterocycles. The number of carbonyl (C=O) groups is 1. The number of amides is 1. The Balaban J connectivity index is 0.00000225. The third-order valence-electron chi connectivity index (χ3n) is 3.14. The highest BCUT2D eigenvalue weighted by atomic mass is 35.5. The van der Waals surface area contributed by atoms with Crippen LogP contribution in [0, 0.1) is 0 Å². The molecule has 0 spiro atoms. The van der Waals surface area contributed by atoms with Gasteiger partial charge in [0.2, 0.25) is 5.91 Å². The fraction of sp³-hybridized carbons (Fsp3) is 0.909. The van der Waals surface area contributed by atoms with Gasteiger partial charge in [0.25, 0.3) is 0 Å². The van der Waals surface area contributed by atoms with Crippen LogP contribution in [0.5, 0.6) is 0 Å². The van der Waals surface area contributed by atoms with Gasteiger partial charge in [-0.1, -0.05) is 6.92 Å².